The molecule has 0 aliphatic heterocycles. The van der Waals surface area contributed by atoms with E-state index in [1.165, 1.54) is 96.3 Å². The molecular weight excluding hydrogens is 394 g/mol. The molecule has 31 heavy (non-hydrogen) atoms. The Hall–Kier alpha value is -1.44. The SMILES string of the molecule is CCCCCCCCCCCCCCCCCn1ccnc1.O.O=C(O)CNCCO. The summed E-state index contributed by atoms with van der Waals surface area (Å²) < 4.78 is 2.18. The van der Waals surface area contributed by atoms with Crippen LogP contribution in [0.15, 0.2) is 18.7 Å². The van der Waals surface area contributed by atoms with E-state index in [1.54, 1.807) is 0 Å². The van der Waals surface area contributed by atoms with Crippen molar-refractivity contribution in [1.29, 1.82) is 0 Å². The minimum Gasteiger partial charge on any atom is -0.480 e. The van der Waals surface area contributed by atoms with Gasteiger partial charge in [-0.05, 0) is 6.42 Å². The molecule has 0 radical (unpaired) electrons. The number of hydrogen-bond donors (Lipinski definition) is 3. The molecule has 0 atom stereocenters. The van der Waals surface area contributed by atoms with Crippen molar-refractivity contribution in [2.75, 3.05) is 19.7 Å². The normalized spacial score (nSPS) is 10.3. The van der Waals surface area contributed by atoms with Gasteiger partial charge in [-0.15, -0.1) is 0 Å². The number of carboxylic acids is 1. The number of carboxylic acid groups (broad SMARTS) is 1. The quantitative estimate of drug-likeness (QED) is 0.255. The molecule has 0 aliphatic carbocycles. The standard InChI is InChI=1S/C20H38N2.C4H9NO3.H2O/c1-2-3-4-5-6-7-8-9-10-11-12-13-14-15-16-18-22-19-17-21-20-22;6-2-1-5-3-4(7)8;/h17,19-20H,2-16,18H2,1H3;5-6H,1-3H2,(H,7,8);1H2. The minimum atomic E-state index is -0.904. The van der Waals surface area contributed by atoms with Crippen molar-refractivity contribution >= 4 is 5.97 Å². The molecule has 7 nitrogen and oxygen atoms in total. The van der Waals surface area contributed by atoms with Crippen molar-refractivity contribution in [3.63, 3.8) is 0 Å². The van der Waals surface area contributed by atoms with Crippen LogP contribution in [0.25, 0.3) is 0 Å². The molecule has 0 spiro atoms. The Morgan fingerprint density at radius 2 is 1.35 bits per heavy atom. The van der Waals surface area contributed by atoms with Crippen molar-refractivity contribution in [3.05, 3.63) is 18.7 Å². The molecule has 184 valence electrons. The van der Waals surface area contributed by atoms with Gasteiger partial charge in [0.25, 0.3) is 0 Å². The fourth-order valence-electron chi connectivity index (χ4n) is 3.36. The molecule has 1 aromatic rings. The van der Waals surface area contributed by atoms with Gasteiger partial charge in [-0.3, -0.25) is 4.79 Å². The van der Waals surface area contributed by atoms with Crippen LogP contribution in [0, 0.1) is 0 Å². The second-order valence-electron chi connectivity index (χ2n) is 8.04. The number of nitrogens with zero attached hydrogens (tertiary/aromatic N) is 2. The molecule has 7 heteroatoms. The van der Waals surface area contributed by atoms with Gasteiger partial charge in [-0.25, -0.2) is 4.98 Å². The van der Waals surface area contributed by atoms with E-state index in [2.05, 4.69) is 28.0 Å². The molecule has 0 saturated heterocycles. The third-order valence-corrected chi connectivity index (χ3v) is 5.14. The lowest BCUT2D eigenvalue weighted by atomic mass is 10.0. The first-order valence-electron chi connectivity index (χ1n) is 12.2. The maximum absolute atomic E-state index is 9.73. The Balaban J connectivity index is 0. The van der Waals surface area contributed by atoms with Crippen LogP contribution >= 0.6 is 0 Å². The molecular formula is C24H49N3O4. The number of nitrogens with one attached hydrogen (secondary N) is 1. The van der Waals surface area contributed by atoms with E-state index < -0.39 is 5.97 Å². The van der Waals surface area contributed by atoms with Crippen molar-refractivity contribution in [3.8, 4) is 0 Å². The summed E-state index contributed by atoms with van der Waals surface area (Å²) in [5.41, 5.74) is 0. The maximum atomic E-state index is 9.73. The van der Waals surface area contributed by atoms with E-state index >= 15 is 0 Å². The lowest BCUT2D eigenvalue weighted by Crippen LogP contribution is -2.25. The van der Waals surface area contributed by atoms with E-state index in [1.807, 2.05) is 12.5 Å². The molecule has 0 saturated carbocycles. The summed E-state index contributed by atoms with van der Waals surface area (Å²) in [4.78, 5) is 13.8. The van der Waals surface area contributed by atoms with Gasteiger partial charge in [0.15, 0.2) is 0 Å². The summed E-state index contributed by atoms with van der Waals surface area (Å²) in [5.74, 6) is -0.904. The lowest BCUT2D eigenvalue weighted by Gasteiger charge is -2.04. The molecule has 1 rings (SSSR count). The molecule has 0 fully saturated rings. The zero-order valence-corrected chi connectivity index (χ0v) is 19.9. The van der Waals surface area contributed by atoms with Crippen LogP contribution in [0.5, 0.6) is 0 Å². The Morgan fingerprint density at radius 1 is 0.871 bits per heavy atom. The van der Waals surface area contributed by atoms with Crippen molar-refractivity contribution in [1.82, 2.24) is 14.9 Å². The monoisotopic (exact) mass is 443 g/mol. The lowest BCUT2D eigenvalue weighted by molar-refractivity contribution is -0.135. The average molecular weight is 444 g/mol. The van der Waals surface area contributed by atoms with E-state index in [9.17, 15) is 4.79 Å². The number of imidazole rings is 1. The third kappa shape index (κ3) is 26.5. The van der Waals surface area contributed by atoms with E-state index in [4.69, 9.17) is 10.2 Å². The highest BCUT2D eigenvalue weighted by Crippen LogP contribution is 2.13. The number of carbonyl (C=O) groups is 1. The molecule has 5 N–H and O–H groups in total. The first-order valence-corrected chi connectivity index (χ1v) is 12.2. The highest BCUT2D eigenvalue weighted by Gasteiger charge is 1.95. The number of aliphatic hydroxyl groups excluding tert-OH is 1. The number of aliphatic hydroxyl groups is 1. The van der Waals surface area contributed by atoms with Crippen LogP contribution in [0.4, 0.5) is 0 Å². The Kier molecular flexibility index (Phi) is 27.2. The predicted molar refractivity (Wildman–Crippen MR) is 128 cm³/mol. The molecule has 0 amide bonds. The Morgan fingerprint density at radius 3 is 1.74 bits per heavy atom. The number of rotatable bonds is 20. The van der Waals surface area contributed by atoms with Crippen LogP contribution in [0.2, 0.25) is 0 Å². The fourth-order valence-corrected chi connectivity index (χ4v) is 3.36. The molecule has 1 heterocycles. The summed E-state index contributed by atoms with van der Waals surface area (Å²) in [5, 5.41) is 18.6. The van der Waals surface area contributed by atoms with Crippen molar-refractivity contribution in [2.24, 2.45) is 0 Å². The first kappa shape index (κ1) is 31.7. The predicted octanol–water partition coefficient (Wildman–Crippen LogP) is 4.58. The number of unbranched alkanes of at least 4 members (excludes halogenated alkanes) is 14. The number of aryl methyl sites for hydroxylation is 1. The summed E-state index contributed by atoms with van der Waals surface area (Å²) >= 11 is 0. The number of aliphatic carboxylic acids is 1. The van der Waals surface area contributed by atoms with Gasteiger partial charge >= 0.3 is 5.97 Å². The van der Waals surface area contributed by atoms with E-state index in [0.29, 0.717) is 6.54 Å². The first-order chi connectivity index (χ1) is 14.7. The van der Waals surface area contributed by atoms with Crippen LogP contribution in [-0.4, -0.2) is 50.9 Å². The Labute approximate surface area is 190 Å². The fraction of sp³-hybridized carbons (Fsp3) is 0.833. The highest BCUT2D eigenvalue weighted by atomic mass is 16.4. The smallest absolute Gasteiger partial charge is 0.317 e. The number of hydrogen-bond acceptors (Lipinski definition) is 4. The summed E-state index contributed by atoms with van der Waals surface area (Å²) in [6.45, 7) is 3.66. The topological polar surface area (TPSA) is 119 Å². The molecule has 0 aromatic carbocycles. The van der Waals surface area contributed by atoms with Crippen LogP contribution < -0.4 is 5.32 Å². The van der Waals surface area contributed by atoms with Gasteiger partial charge in [0.2, 0.25) is 0 Å². The van der Waals surface area contributed by atoms with Crippen LogP contribution in [0.1, 0.15) is 103 Å². The van der Waals surface area contributed by atoms with Crippen LogP contribution in [-0.2, 0) is 11.3 Å². The molecule has 1 aromatic heterocycles. The zero-order valence-electron chi connectivity index (χ0n) is 19.9. The second-order valence-corrected chi connectivity index (χ2v) is 8.04. The summed E-state index contributed by atoms with van der Waals surface area (Å²) in [6.07, 6.45) is 27.3. The van der Waals surface area contributed by atoms with Crippen molar-refractivity contribution < 1.29 is 20.5 Å². The van der Waals surface area contributed by atoms with E-state index in [-0.39, 0.29) is 18.6 Å². The van der Waals surface area contributed by atoms with Gasteiger partial charge in [-0.1, -0.05) is 96.8 Å². The van der Waals surface area contributed by atoms with Crippen LogP contribution in [0.3, 0.4) is 0 Å². The van der Waals surface area contributed by atoms with E-state index in [0.717, 1.165) is 6.54 Å². The van der Waals surface area contributed by atoms with Gasteiger partial charge in [0.05, 0.1) is 19.5 Å². The zero-order chi connectivity index (χ0) is 22.1. The Bertz CT molecular complexity index is 456. The number of aromatic nitrogens is 2. The molecule has 0 unspecified atom stereocenters. The summed E-state index contributed by atoms with van der Waals surface area (Å²) in [6, 6.07) is 0. The highest BCUT2D eigenvalue weighted by molar-refractivity contribution is 5.68. The summed E-state index contributed by atoms with van der Waals surface area (Å²) in [7, 11) is 0. The van der Waals surface area contributed by atoms with Gasteiger partial charge in [0.1, 0.15) is 0 Å². The average Bonchev–Trinajstić information content (AvgIpc) is 3.25. The third-order valence-electron chi connectivity index (χ3n) is 5.14. The van der Waals surface area contributed by atoms with Gasteiger partial charge in [0, 0.05) is 25.5 Å². The maximum Gasteiger partial charge on any atom is 0.317 e. The molecule has 0 bridgehead atoms. The second kappa shape index (κ2) is 26.6. The minimum absolute atomic E-state index is 0. The molecule has 0 aliphatic rings. The largest absolute Gasteiger partial charge is 0.480 e. The van der Waals surface area contributed by atoms with Crippen molar-refractivity contribution in [2.45, 2.75) is 110 Å². The van der Waals surface area contributed by atoms with Gasteiger partial charge in [-0.2, -0.15) is 0 Å². The van der Waals surface area contributed by atoms with Gasteiger partial charge < -0.3 is 25.6 Å².